The summed E-state index contributed by atoms with van der Waals surface area (Å²) in [6.07, 6.45) is 1.79. The summed E-state index contributed by atoms with van der Waals surface area (Å²) < 4.78 is 13.7. The van der Waals surface area contributed by atoms with E-state index < -0.39 is 0 Å². The second-order valence-corrected chi connectivity index (χ2v) is 5.38. The smallest absolute Gasteiger partial charge is 0.137 e. The first-order chi connectivity index (χ1) is 9.72. The molecule has 1 aromatic carbocycles. The molecule has 0 radical (unpaired) electrons. The molecule has 1 heterocycles. The molecular weight excluding hydrogens is 273 g/mol. The van der Waals surface area contributed by atoms with E-state index in [1.165, 1.54) is 17.8 Å². The molecule has 0 amide bonds. The van der Waals surface area contributed by atoms with Gasteiger partial charge in [0.15, 0.2) is 0 Å². The van der Waals surface area contributed by atoms with Gasteiger partial charge in [-0.2, -0.15) is 0 Å². The highest BCUT2D eigenvalue weighted by atomic mass is 32.2. The van der Waals surface area contributed by atoms with Crippen LogP contribution >= 0.6 is 11.8 Å². The maximum absolute atomic E-state index is 13.7. The summed E-state index contributed by atoms with van der Waals surface area (Å²) in [5, 5.41) is 4.02. The number of rotatable bonds is 6. The molecule has 0 unspecified atom stereocenters. The fourth-order valence-electron chi connectivity index (χ4n) is 1.67. The summed E-state index contributed by atoms with van der Waals surface area (Å²) in [6.45, 7) is 4.98. The van der Waals surface area contributed by atoms with Gasteiger partial charge in [0.1, 0.15) is 22.5 Å². The van der Waals surface area contributed by atoms with Crippen molar-refractivity contribution in [2.24, 2.45) is 0 Å². The number of nitrogens with zero attached hydrogens (tertiary/aromatic N) is 2. The van der Waals surface area contributed by atoms with Gasteiger partial charge in [-0.25, -0.2) is 14.4 Å². The Bertz CT molecular complexity index is 575. The largest absolute Gasteiger partial charge is 0.370 e. The van der Waals surface area contributed by atoms with Crippen LogP contribution in [0.1, 0.15) is 26.1 Å². The summed E-state index contributed by atoms with van der Waals surface area (Å²) in [5.74, 6) is 1.35. The van der Waals surface area contributed by atoms with E-state index in [1.807, 2.05) is 19.1 Å². The Hall–Kier alpha value is -1.62. The van der Waals surface area contributed by atoms with Crippen molar-refractivity contribution >= 4 is 17.6 Å². The third-order valence-corrected chi connectivity index (χ3v) is 3.64. The van der Waals surface area contributed by atoms with Crippen LogP contribution in [0, 0.1) is 5.82 Å². The fourth-order valence-corrected chi connectivity index (χ4v) is 2.53. The second kappa shape index (κ2) is 7.24. The van der Waals surface area contributed by atoms with Gasteiger partial charge in [-0.15, -0.1) is 0 Å². The number of nitrogens with one attached hydrogen (secondary N) is 1. The van der Waals surface area contributed by atoms with Gasteiger partial charge in [-0.05, 0) is 18.6 Å². The van der Waals surface area contributed by atoms with Crippen LogP contribution < -0.4 is 5.32 Å². The number of hydrogen-bond donors (Lipinski definition) is 1. The second-order valence-electron chi connectivity index (χ2n) is 4.32. The summed E-state index contributed by atoms with van der Waals surface area (Å²) >= 11 is 1.33. The van der Waals surface area contributed by atoms with Gasteiger partial charge in [-0.3, -0.25) is 0 Å². The van der Waals surface area contributed by atoms with Crippen molar-refractivity contribution in [1.29, 1.82) is 0 Å². The highest BCUT2D eigenvalue weighted by Crippen LogP contribution is 2.29. The molecule has 2 rings (SSSR count). The van der Waals surface area contributed by atoms with Crippen molar-refractivity contribution in [3.8, 4) is 0 Å². The number of aryl methyl sites for hydroxylation is 1. The van der Waals surface area contributed by atoms with Crippen LogP contribution in [0.4, 0.5) is 10.2 Å². The lowest BCUT2D eigenvalue weighted by atomic mass is 10.3. The zero-order chi connectivity index (χ0) is 14.4. The van der Waals surface area contributed by atoms with Crippen LogP contribution in [0.3, 0.4) is 0 Å². The maximum Gasteiger partial charge on any atom is 0.137 e. The molecule has 1 aromatic heterocycles. The first-order valence-electron chi connectivity index (χ1n) is 6.77. The lowest BCUT2D eigenvalue weighted by Crippen LogP contribution is -2.05. The van der Waals surface area contributed by atoms with Crippen molar-refractivity contribution in [2.75, 3.05) is 11.9 Å². The summed E-state index contributed by atoms with van der Waals surface area (Å²) in [5.41, 5.74) is 0. The normalized spacial score (nSPS) is 10.6. The molecule has 20 heavy (non-hydrogen) atoms. The molecule has 3 nitrogen and oxygen atoms in total. The van der Waals surface area contributed by atoms with Crippen LogP contribution in [0.5, 0.6) is 0 Å². The van der Waals surface area contributed by atoms with E-state index in [2.05, 4.69) is 22.2 Å². The quantitative estimate of drug-likeness (QED) is 0.811. The van der Waals surface area contributed by atoms with Crippen LogP contribution in [0.25, 0.3) is 0 Å². The number of aromatic nitrogens is 2. The van der Waals surface area contributed by atoms with Gasteiger partial charge in [0.05, 0.1) is 0 Å². The Labute approximate surface area is 123 Å². The molecular formula is C15H18FN3S. The predicted molar refractivity (Wildman–Crippen MR) is 80.7 cm³/mol. The summed E-state index contributed by atoms with van der Waals surface area (Å²) in [4.78, 5) is 9.44. The molecule has 0 saturated heterocycles. The minimum absolute atomic E-state index is 0.225. The van der Waals surface area contributed by atoms with Crippen LogP contribution in [0.2, 0.25) is 0 Å². The Morgan fingerprint density at radius 3 is 2.70 bits per heavy atom. The number of benzene rings is 1. The standard InChI is InChI=1S/C15H18FN3S/c1-3-9-17-14-10-15(19-13(4-2)18-14)20-12-8-6-5-7-11(12)16/h5-8,10H,3-4,9H2,1-2H3,(H,17,18,19). The molecule has 1 N–H and O–H groups in total. The summed E-state index contributed by atoms with van der Waals surface area (Å²) in [6, 6.07) is 8.59. The average molecular weight is 291 g/mol. The third kappa shape index (κ3) is 3.93. The minimum atomic E-state index is -0.225. The van der Waals surface area contributed by atoms with E-state index in [-0.39, 0.29) is 5.82 Å². The first kappa shape index (κ1) is 14.8. The van der Waals surface area contributed by atoms with Gasteiger partial charge in [0.2, 0.25) is 0 Å². The molecule has 0 fully saturated rings. The van der Waals surface area contributed by atoms with Gasteiger partial charge >= 0.3 is 0 Å². The molecule has 106 valence electrons. The molecule has 0 aliphatic heterocycles. The minimum Gasteiger partial charge on any atom is -0.370 e. The van der Waals surface area contributed by atoms with Gasteiger partial charge in [0, 0.05) is 23.9 Å². The van der Waals surface area contributed by atoms with Crippen molar-refractivity contribution in [2.45, 2.75) is 36.6 Å². The van der Waals surface area contributed by atoms with E-state index in [9.17, 15) is 4.39 Å². The molecule has 5 heteroatoms. The highest BCUT2D eigenvalue weighted by Gasteiger charge is 2.08. The number of anilines is 1. The van der Waals surface area contributed by atoms with E-state index in [0.29, 0.717) is 4.90 Å². The monoisotopic (exact) mass is 291 g/mol. The van der Waals surface area contributed by atoms with Gasteiger partial charge < -0.3 is 5.32 Å². The summed E-state index contributed by atoms with van der Waals surface area (Å²) in [7, 11) is 0. The topological polar surface area (TPSA) is 37.8 Å². The van der Waals surface area contributed by atoms with E-state index >= 15 is 0 Å². The van der Waals surface area contributed by atoms with Crippen LogP contribution in [-0.2, 0) is 6.42 Å². The average Bonchev–Trinajstić information content (AvgIpc) is 2.47. The van der Waals surface area contributed by atoms with Gasteiger partial charge in [-0.1, -0.05) is 37.7 Å². The predicted octanol–water partition coefficient (Wildman–Crippen LogP) is 4.15. The number of hydrogen-bond acceptors (Lipinski definition) is 4. The van der Waals surface area contributed by atoms with E-state index in [1.54, 1.807) is 12.1 Å². The SMILES string of the molecule is CCCNc1cc(Sc2ccccc2F)nc(CC)n1. The van der Waals surface area contributed by atoms with E-state index in [0.717, 1.165) is 36.1 Å². The van der Waals surface area contributed by atoms with E-state index in [4.69, 9.17) is 0 Å². The molecule has 2 aromatic rings. The van der Waals surface area contributed by atoms with Crippen LogP contribution in [-0.4, -0.2) is 16.5 Å². The zero-order valence-corrected chi connectivity index (χ0v) is 12.5. The third-order valence-electron chi connectivity index (χ3n) is 2.67. The number of halogens is 1. The van der Waals surface area contributed by atoms with Crippen molar-refractivity contribution in [1.82, 2.24) is 9.97 Å². The molecule has 0 aliphatic carbocycles. The fraction of sp³-hybridized carbons (Fsp3) is 0.333. The molecule has 0 spiro atoms. The maximum atomic E-state index is 13.7. The van der Waals surface area contributed by atoms with Crippen molar-refractivity contribution < 1.29 is 4.39 Å². The zero-order valence-electron chi connectivity index (χ0n) is 11.7. The van der Waals surface area contributed by atoms with Crippen LogP contribution in [0.15, 0.2) is 40.3 Å². The molecule has 0 atom stereocenters. The van der Waals surface area contributed by atoms with Gasteiger partial charge in [0.25, 0.3) is 0 Å². The molecule has 0 bridgehead atoms. The lowest BCUT2D eigenvalue weighted by molar-refractivity contribution is 0.602. The highest BCUT2D eigenvalue weighted by molar-refractivity contribution is 7.99. The van der Waals surface area contributed by atoms with Crippen molar-refractivity contribution in [3.63, 3.8) is 0 Å². The molecule has 0 aliphatic rings. The first-order valence-corrected chi connectivity index (χ1v) is 7.58. The Morgan fingerprint density at radius 1 is 1.20 bits per heavy atom. The molecule has 0 saturated carbocycles. The lowest BCUT2D eigenvalue weighted by Gasteiger charge is -2.08. The van der Waals surface area contributed by atoms with Crippen molar-refractivity contribution in [3.05, 3.63) is 42.0 Å². The Morgan fingerprint density at radius 2 is 2.00 bits per heavy atom. The Balaban J connectivity index is 2.24. The Kier molecular flexibility index (Phi) is 5.35.